The molecule has 0 aromatic rings. The van der Waals surface area contributed by atoms with Crippen molar-refractivity contribution in [1.29, 1.82) is 0 Å². The number of hydrogen-bond acceptors (Lipinski definition) is 13. The monoisotopic (exact) mass is 885 g/mol. The van der Waals surface area contributed by atoms with Gasteiger partial charge in [-0.25, -0.2) is 4.79 Å². The number of thiol groups is 1. The predicted octanol–water partition coefficient (Wildman–Crippen LogP) is -3.35. The molecular weight excluding hydrogens is 827 g/mol. The first-order valence-corrected chi connectivity index (χ1v) is 20.6. The third-order valence-electron chi connectivity index (χ3n) is 10.1. The molecule has 342 valence electrons. The summed E-state index contributed by atoms with van der Waals surface area (Å²) in [6.45, 7) is 6.94. The molecule has 0 unspecified atom stereocenters. The highest BCUT2D eigenvalue weighted by atomic mass is 32.1. The molecule has 8 atom stereocenters. The van der Waals surface area contributed by atoms with Crippen LogP contribution in [-0.4, -0.2) is 157 Å². The Morgan fingerprint density at radius 3 is 1.59 bits per heavy atom. The summed E-state index contributed by atoms with van der Waals surface area (Å²) in [6.07, 6.45) is -1.46. The van der Waals surface area contributed by atoms with E-state index in [0.717, 1.165) is 4.90 Å². The first kappa shape index (κ1) is 51.6. The van der Waals surface area contributed by atoms with E-state index < -0.39 is 139 Å². The van der Waals surface area contributed by atoms with E-state index in [1.807, 2.05) is 0 Å². The molecule has 0 aliphatic carbocycles. The van der Waals surface area contributed by atoms with Gasteiger partial charge in [0.05, 0.1) is 18.9 Å². The van der Waals surface area contributed by atoms with Gasteiger partial charge in [0.25, 0.3) is 0 Å². The Bertz CT molecular complexity index is 1680. The minimum Gasteiger partial charge on any atom is -0.481 e. The normalized spacial score (nSPS) is 19.1. The highest BCUT2D eigenvalue weighted by Crippen LogP contribution is 2.23. The van der Waals surface area contributed by atoms with Crippen molar-refractivity contribution in [2.24, 2.45) is 23.3 Å². The summed E-state index contributed by atoms with van der Waals surface area (Å²) in [5.41, 5.74) is 11.0. The third-order valence-corrected chi connectivity index (χ3v) is 10.5. The van der Waals surface area contributed by atoms with Crippen LogP contribution in [0.25, 0.3) is 0 Å². The molecule has 2 aliphatic rings. The number of hydrogen-bond donors (Lipinski definition) is 11. The van der Waals surface area contributed by atoms with Crippen LogP contribution in [0.2, 0.25) is 0 Å². The molecule has 23 nitrogen and oxygen atoms in total. The smallest absolute Gasteiger partial charge is 0.326 e. The summed E-state index contributed by atoms with van der Waals surface area (Å²) in [4.78, 5) is 143. The van der Waals surface area contributed by atoms with Crippen LogP contribution in [0.3, 0.4) is 0 Å². The van der Waals surface area contributed by atoms with Gasteiger partial charge >= 0.3 is 17.9 Å². The lowest BCUT2D eigenvalue weighted by Gasteiger charge is -2.33. The van der Waals surface area contributed by atoms with Crippen LogP contribution in [-0.2, 0) is 52.7 Å². The highest BCUT2D eigenvalue weighted by molar-refractivity contribution is 7.80. The van der Waals surface area contributed by atoms with Crippen LogP contribution < -0.4 is 38.1 Å². The summed E-state index contributed by atoms with van der Waals surface area (Å²) < 4.78 is 0. The molecule has 8 amide bonds. The summed E-state index contributed by atoms with van der Waals surface area (Å²) in [6, 6.07) is -10.9. The van der Waals surface area contributed by atoms with E-state index in [1.165, 1.54) is 4.90 Å². The molecule has 0 spiro atoms. The number of rotatable bonds is 24. The molecule has 2 heterocycles. The number of nitrogens with two attached hydrogens (primary N) is 2. The van der Waals surface area contributed by atoms with Crippen LogP contribution >= 0.6 is 12.6 Å². The minimum atomic E-state index is -1.74. The predicted molar refractivity (Wildman–Crippen MR) is 216 cm³/mol. The van der Waals surface area contributed by atoms with Crippen LogP contribution in [0.5, 0.6) is 0 Å². The second kappa shape index (κ2) is 24.1. The van der Waals surface area contributed by atoms with Gasteiger partial charge in [0.1, 0.15) is 42.3 Å². The average Bonchev–Trinajstić information content (AvgIpc) is 3.87. The first-order valence-electron chi connectivity index (χ1n) is 19.9. The van der Waals surface area contributed by atoms with E-state index in [9.17, 15) is 63.0 Å². The van der Waals surface area contributed by atoms with Crippen molar-refractivity contribution in [2.45, 2.75) is 134 Å². The van der Waals surface area contributed by atoms with Gasteiger partial charge in [-0.15, -0.1) is 0 Å². The molecule has 0 bridgehead atoms. The van der Waals surface area contributed by atoms with E-state index in [-0.39, 0.29) is 50.4 Å². The van der Waals surface area contributed by atoms with E-state index in [4.69, 9.17) is 16.6 Å². The fourth-order valence-electron chi connectivity index (χ4n) is 6.95. The van der Waals surface area contributed by atoms with Gasteiger partial charge in [-0.2, -0.15) is 12.6 Å². The van der Waals surface area contributed by atoms with Gasteiger partial charge in [-0.3, -0.25) is 47.9 Å². The van der Waals surface area contributed by atoms with Gasteiger partial charge in [0.2, 0.25) is 47.3 Å². The van der Waals surface area contributed by atoms with Crippen molar-refractivity contribution < 1.29 is 68.1 Å². The third kappa shape index (κ3) is 15.8. The molecule has 2 rings (SSSR count). The van der Waals surface area contributed by atoms with Crippen LogP contribution in [0.15, 0.2) is 0 Å². The Kier molecular flexibility index (Phi) is 20.4. The second-order valence-electron chi connectivity index (χ2n) is 15.8. The molecule has 2 aliphatic heterocycles. The molecule has 0 aromatic carbocycles. The molecule has 0 saturated carbocycles. The van der Waals surface area contributed by atoms with Crippen LogP contribution in [0, 0.1) is 11.8 Å². The van der Waals surface area contributed by atoms with Crippen molar-refractivity contribution in [3.63, 3.8) is 0 Å². The number of carbonyl (C=O) groups excluding carboxylic acids is 8. The molecule has 61 heavy (non-hydrogen) atoms. The number of primary amides is 1. The number of carboxylic acid groups (broad SMARTS) is 3. The number of carboxylic acids is 3. The Hall–Kier alpha value is -5.52. The maximum absolute atomic E-state index is 14.0. The van der Waals surface area contributed by atoms with Crippen molar-refractivity contribution in [1.82, 2.24) is 36.4 Å². The molecule has 0 radical (unpaired) electrons. The summed E-state index contributed by atoms with van der Waals surface area (Å²) in [7, 11) is 0. The fraction of sp³-hybridized carbons (Fsp3) is 0.703. The zero-order valence-corrected chi connectivity index (χ0v) is 35.5. The van der Waals surface area contributed by atoms with Gasteiger partial charge in [-0.05, 0) is 50.4 Å². The zero-order valence-electron chi connectivity index (χ0n) is 34.6. The molecule has 24 heteroatoms. The Morgan fingerprint density at radius 1 is 0.656 bits per heavy atom. The standard InChI is InChI=1S/C37H59N9O14S/c1-17(2)13-22(36(58)46-12-5-7-24(46)32(54)43-23(37(59)60)15-28(50)51)42-34(56)29(18(3)4)44-33(55)25-8-6-11-45(25)35(57)20(9-10-26(39)47)40-31(53)21(14-27(48)49)41-30(52)19(38)16-61/h17-25,29,61H,5-16,38H2,1-4H3,(H2,39,47)(H,40,53)(H,41,52)(H,42,56)(H,43,54)(H,44,55)(H,48,49)(H,50,51)(H,59,60)/t19-,20-,21-,22-,23-,24-,25-,29-/m0/s1. The maximum atomic E-state index is 14.0. The Morgan fingerprint density at radius 2 is 1.13 bits per heavy atom. The van der Waals surface area contributed by atoms with Crippen molar-refractivity contribution in [2.75, 3.05) is 18.8 Å². The lowest BCUT2D eigenvalue weighted by Crippen LogP contribution is -2.60. The molecule has 12 N–H and O–H groups in total. The largest absolute Gasteiger partial charge is 0.481 e. The van der Waals surface area contributed by atoms with Crippen molar-refractivity contribution in [3.8, 4) is 0 Å². The van der Waals surface area contributed by atoms with Crippen molar-refractivity contribution in [3.05, 3.63) is 0 Å². The topological polar surface area (TPSA) is 367 Å². The summed E-state index contributed by atoms with van der Waals surface area (Å²) in [5, 5.41) is 40.0. The number of aliphatic carboxylic acids is 3. The van der Waals surface area contributed by atoms with Gasteiger partial charge in [-0.1, -0.05) is 27.7 Å². The Balaban J connectivity index is 2.29. The number of likely N-dealkylation sites (tertiary alicyclic amines) is 2. The van der Waals surface area contributed by atoms with Crippen LogP contribution in [0.4, 0.5) is 0 Å². The number of nitrogens with zero attached hydrogens (tertiary/aromatic N) is 2. The zero-order chi connectivity index (χ0) is 46.3. The van der Waals surface area contributed by atoms with Gasteiger partial charge in [0.15, 0.2) is 0 Å². The summed E-state index contributed by atoms with van der Waals surface area (Å²) >= 11 is 3.92. The van der Waals surface area contributed by atoms with E-state index in [1.54, 1.807) is 27.7 Å². The van der Waals surface area contributed by atoms with Crippen molar-refractivity contribution >= 4 is 77.8 Å². The number of amides is 8. The quantitative estimate of drug-likeness (QED) is 0.0422. The minimum absolute atomic E-state index is 0.0174. The average molecular weight is 886 g/mol. The van der Waals surface area contributed by atoms with E-state index >= 15 is 0 Å². The molecular formula is C37H59N9O14S. The molecule has 2 saturated heterocycles. The van der Waals surface area contributed by atoms with Gasteiger partial charge in [0, 0.05) is 25.3 Å². The highest BCUT2D eigenvalue weighted by Gasteiger charge is 2.42. The number of carbonyl (C=O) groups is 11. The lowest BCUT2D eigenvalue weighted by molar-refractivity contribution is -0.148. The number of nitrogens with one attached hydrogen (secondary N) is 5. The SMILES string of the molecule is CC(C)C[C@H](NC(=O)[C@@H](NC(=O)[C@@H]1CCCN1C(=O)[C@H](CCC(N)=O)NC(=O)[C@H](CC(=O)O)NC(=O)[C@@H](N)CS)C(C)C)C(=O)N1CCC[C@H]1C(=O)N[C@@H](CC(=O)O)C(=O)O. The van der Waals surface area contributed by atoms with E-state index in [2.05, 4.69) is 39.2 Å². The summed E-state index contributed by atoms with van der Waals surface area (Å²) in [5.74, 6) is -12.0. The molecule has 2 fully saturated rings. The van der Waals surface area contributed by atoms with Gasteiger partial charge < -0.3 is 63.2 Å². The van der Waals surface area contributed by atoms with Crippen LogP contribution in [0.1, 0.15) is 85.5 Å². The molecule has 0 aromatic heterocycles. The fourth-order valence-corrected chi connectivity index (χ4v) is 7.12. The second-order valence-corrected chi connectivity index (χ2v) is 16.2. The maximum Gasteiger partial charge on any atom is 0.326 e. The first-order chi connectivity index (χ1) is 28.5. The Labute approximate surface area is 357 Å². The lowest BCUT2D eigenvalue weighted by atomic mass is 9.99. The van der Waals surface area contributed by atoms with E-state index in [0.29, 0.717) is 12.8 Å².